The molecular weight excluding hydrogens is 252 g/mol. The van der Waals surface area contributed by atoms with Crippen LogP contribution in [0.3, 0.4) is 0 Å². The third-order valence-electron chi connectivity index (χ3n) is 4.35. The molecule has 0 heterocycles. The van der Waals surface area contributed by atoms with Gasteiger partial charge in [-0.3, -0.25) is 0 Å². The summed E-state index contributed by atoms with van der Waals surface area (Å²) in [6.45, 7) is 7.56. The summed E-state index contributed by atoms with van der Waals surface area (Å²) in [6, 6.07) is 5.45. The zero-order valence-corrected chi connectivity index (χ0v) is 12.5. The third kappa shape index (κ3) is 2.89. The molecule has 1 aliphatic rings. The van der Waals surface area contributed by atoms with Gasteiger partial charge in [0.05, 0.1) is 23.5 Å². The van der Waals surface area contributed by atoms with Gasteiger partial charge in [0.25, 0.3) is 0 Å². The first-order chi connectivity index (χ1) is 9.50. The van der Waals surface area contributed by atoms with Gasteiger partial charge in [0.15, 0.2) is 0 Å². The van der Waals surface area contributed by atoms with Gasteiger partial charge >= 0.3 is 5.97 Å². The number of nitrogens with one attached hydrogen (secondary N) is 1. The van der Waals surface area contributed by atoms with Crippen LogP contribution in [0.25, 0.3) is 0 Å². The van der Waals surface area contributed by atoms with E-state index >= 15 is 0 Å². The Hall–Kier alpha value is -1.71. The molecule has 3 N–H and O–H groups in total. The van der Waals surface area contributed by atoms with Crippen LogP contribution in [-0.4, -0.2) is 19.1 Å². The summed E-state index contributed by atoms with van der Waals surface area (Å²) in [4.78, 5) is 11.8. The van der Waals surface area contributed by atoms with E-state index in [0.29, 0.717) is 29.2 Å². The smallest absolute Gasteiger partial charge is 0.340 e. The second-order valence-electron chi connectivity index (χ2n) is 5.86. The summed E-state index contributed by atoms with van der Waals surface area (Å²) in [5.74, 6) is 0.295. The first kappa shape index (κ1) is 14.7. The highest BCUT2D eigenvalue weighted by atomic mass is 16.5. The minimum Gasteiger partial charge on any atom is -0.462 e. The van der Waals surface area contributed by atoms with Crippen molar-refractivity contribution in [3.05, 3.63) is 23.8 Å². The number of nitrogen functional groups attached to an aromatic ring is 1. The Morgan fingerprint density at radius 1 is 1.45 bits per heavy atom. The van der Waals surface area contributed by atoms with Crippen molar-refractivity contribution < 1.29 is 9.53 Å². The topological polar surface area (TPSA) is 64.3 Å². The van der Waals surface area contributed by atoms with Crippen molar-refractivity contribution in [3.8, 4) is 0 Å². The van der Waals surface area contributed by atoms with E-state index in [1.54, 1.807) is 13.0 Å². The number of hydrogen-bond acceptors (Lipinski definition) is 4. The molecule has 0 unspecified atom stereocenters. The molecule has 1 aromatic rings. The summed E-state index contributed by atoms with van der Waals surface area (Å²) < 4.78 is 5.01. The van der Waals surface area contributed by atoms with Crippen LogP contribution >= 0.6 is 0 Å². The van der Waals surface area contributed by atoms with Gasteiger partial charge in [-0.1, -0.05) is 19.9 Å². The molecule has 4 nitrogen and oxygen atoms in total. The second-order valence-corrected chi connectivity index (χ2v) is 5.86. The third-order valence-corrected chi connectivity index (χ3v) is 4.35. The molecule has 0 spiro atoms. The molecule has 1 aromatic carbocycles. The summed E-state index contributed by atoms with van der Waals surface area (Å²) in [5.41, 5.74) is 8.21. The van der Waals surface area contributed by atoms with Crippen molar-refractivity contribution in [1.82, 2.24) is 0 Å². The van der Waals surface area contributed by atoms with Crippen molar-refractivity contribution >= 4 is 17.3 Å². The van der Waals surface area contributed by atoms with E-state index in [0.717, 1.165) is 12.2 Å². The van der Waals surface area contributed by atoms with Crippen LogP contribution in [0.1, 0.15) is 44.0 Å². The Morgan fingerprint density at radius 3 is 2.70 bits per heavy atom. The lowest BCUT2D eigenvalue weighted by atomic mass is 9.92. The Bertz CT molecular complexity index is 493. The first-order valence-electron chi connectivity index (χ1n) is 7.29. The molecule has 4 heteroatoms. The Labute approximate surface area is 120 Å². The highest BCUT2D eigenvalue weighted by Crippen LogP contribution is 2.51. The maximum absolute atomic E-state index is 11.8. The molecule has 2 rings (SSSR count). The van der Waals surface area contributed by atoms with E-state index in [1.165, 1.54) is 12.8 Å². The van der Waals surface area contributed by atoms with Crippen LogP contribution in [0.5, 0.6) is 0 Å². The minimum absolute atomic E-state index is 0.354. The molecule has 110 valence electrons. The molecule has 0 amide bonds. The molecular formula is C16H24N2O2. The minimum atomic E-state index is -0.362. The highest BCUT2D eigenvalue weighted by molar-refractivity contribution is 5.98. The number of carbonyl (C=O) groups excluding carboxylic acids is 1. The molecule has 0 saturated heterocycles. The van der Waals surface area contributed by atoms with Crippen molar-refractivity contribution in [1.29, 1.82) is 0 Å². The summed E-state index contributed by atoms with van der Waals surface area (Å²) in [6.07, 6.45) is 2.52. The number of rotatable bonds is 6. The van der Waals surface area contributed by atoms with Gasteiger partial charge < -0.3 is 15.8 Å². The zero-order chi connectivity index (χ0) is 14.8. The monoisotopic (exact) mass is 276 g/mol. The number of anilines is 2. The van der Waals surface area contributed by atoms with Crippen LogP contribution in [0.2, 0.25) is 0 Å². The van der Waals surface area contributed by atoms with Crippen molar-refractivity contribution in [3.63, 3.8) is 0 Å². The number of ether oxygens (including phenoxy) is 1. The lowest BCUT2D eigenvalue weighted by molar-refractivity contribution is 0.0527. The maximum atomic E-state index is 11.8. The van der Waals surface area contributed by atoms with Crippen molar-refractivity contribution in [2.45, 2.75) is 33.6 Å². The van der Waals surface area contributed by atoms with E-state index in [-0.39, 0.29) is 5.97 Å². The van der Waals surface area contributed by atoms with Gasteiger partial charge in [-0.05, 0) is 43.2 Å². The standard InChI is InChI=1S/C16H24N2O2/c1-4-20-15(19)12-6-5-7-13(14(12)17)18-10-16(8-9-16)11(2)3/h5-7,11,18H,4,8-10,17H2,1-3H3. The van der Waals surface area contributed by atoms with Crippen molar-refractivity contribution in [2.24, 2.45) is 11.3 Å². The second kappa shape index (κ2) is 5.73. The molecule has 20 heavy (non-hydrogen) atoms. The number of hydrogen-bond donors (Lipinski definition) is 2. The van der Waals surface area contributed by atoms with Gasteiger partial charge in [-0.2, -0.15) is 0 Å². The number of esters is 1. The number of para-hydroxylation sites is 1. The Balaban J connectivity index is 2.09. The largest absolute Gasteiger partial charge is 0.462 e. The summed E-state index contributed by atoms with van der Waals surface area (Å²) >= 11 is 0. The van der Waals surface area contributed by atoms with Gasteiger partial charge in [-0.15, -0.1) is 0 Å². The van der Waals surface area contributed by atoms with Crippen LogP contribution in [0, 0.1) is 11.3 Å². The fourth-order valence-corrected chi connectivity index (χ4v) is 2.50. The lowest BCUT2D eigenvalue weighted by Gasteiger charge is -2.21. The van der Waals surface area contributed by atoms with Crippen molar-refractivity contribution in [2.75, 3.05) is 24.2 Å². The van der Waals surface area contributed by atoms with Crippen LogP contribution < -0.4 is 11.1 Å². The van der Waals surface area contributed by atoms with Gasteiger partial charge in [0.1, 0.15) is 0 Å². The van der Waals surface area contributed by atoms with Crippen LogP contribution in [0.15, 0.2) is 18.2 Å². The quantitative estimate of drug-likeness (QED) is 0.618. The highest BCUT2D eigenvalue weighted by Gasteiger charge is 2.44. The van der Waals surface area contributed by atoms with Crippen LogP contribution in [0.4, 0.5) is 11.4 Å². The lowest BCUT2D eigenvalue weighted by Crippen LogP contribution is -2.21. The fraction of sp³-hybridized carbons (Fsp3) is 0.562. The maximum Gasteiger partial charge on any atom is 0.340 e. The average molecular weight is 276 g/mol. The molecule has 1 saturated carbocycles. The molecule has 0 atom stereocenters. The van der Waals surface area contributed by atoms with E-state index in [9.17, 15) is 4.79 Å². The number of benzene rings is 1. The average Bonchev–Trinajstić information content (AvgIpc) is 3.19. The van der Waals surface area contributed by atoms with E-state index in [4.69, 9.17) is 10.5 Å². The van der Waals surface area contributed by atoms with Crippen LogP contribution in [-0.2, 0) is 4.74 Å². The van der Waals surface area contributed by atoms with E-state index < -0.39 is 0 Å². The molecule has 1 aliphatic carbocycles. The molecule has 1 fully saturated rings. The van der Waals surface area contributed by atoms with Gasteiger partial charge in [0.2, 0.25) is 0 Å². The SMILES string of the molecule is CCOC(=O)c1cccc(NCC2(C(C)C)CC2)c1N. The van der Waals surface area contributed by atoms with E-state index in [1.807, 2.05) is 12.1 Å². The molecule has 0 aliphatic heterocycles. The Morgan fingerprint density at radius 2 is 2.15 bits per heavy atom. The Kier molecular flexibility index (Phi) is 4.21. The summed E-state index contributed by atoms with van der Waals surface area (Å²) in [5, 5.41) is 3.40. The predicted molar refractivity (Wildman–Crippen MR) is 81.8 cm³/mol. The first-order valence-corrected chi connectivity index (χ1v) is 7.29. The molecule has 0 bridgehead atoms. The predicted octanol–water partition coefficient (Wildman–Crippen LogP) is 3.29. The summed E-state index contributed by atoms with van der Waals surface area (Å²) in [7, 11) is 0. The van der Waals surface area contributed by atoms with Gasteiger partial charge in [-0.25, -0.2) is 4.79 Å². The zero-order valence-electron chi connectivity index (χ0n) is 12.5. The molecule has 0 radical (unpaired) electrons. The number of carbonyl (C=O) groups is 1. The molecule has 0 aromatic heterocycles. The van der Waals surface area contributed by atoms with E-state index in [2.05, 4.69) is 19.2 Å². The van der Waals surface area contributed by atoms with Gasteiger partial charge in [0, 0.05) is 6.54 Å². The fourth-order valence-electron chi connectivity index (χ4n) is 2.50. The normalized spacial score (nSPS) is 16.0. The number of nitrogens with two attached hydrogens (primary N) is 1.